The zero-order valence-corrected chi connectivity index (χ0v) is 37.8. The van der Waals surface area contributed by atoms with Crippen molar-refractivity contribution >= 4 is 47.9 Å². The van der Waals surface area contributed by atoms with Crippen LogP contribution in [0.2, 0.25) is 0 Å². The first-order valence-electron chi connectivity index (χ1n) is 19.5. The molecule has 1 spiro atoms. The number of aliphatic hydroxyl groups excluding tert-OH is 1. The number of alkyl carbamates (subject to hydrolysis) is 1. The van der Waals surface area contributed by atoms with Gasteiger partial charge in [-0.2, -0.15) is 0 Å². The summed E-state index contributed by atoms with van der Waals surface area (Å²) in [7, 11) is 0. The minimum Gasteiger partial charge on any atom is -0.776 e. The predicted molar refractivity (Wildman–Crippen MR) is 210 cm³/mol. The third kappa shape index (κ3) is 8.71. The maximum atomic E-state index is 12.6. The molecule has 296 valence electrons. The number of nitrogens with one attached hydrogen (secondary N) is 1. The van der Waals surface area contributed by atoms with Crippen LogP contribution in [0.3, 0.4) is 0 Å². The molecule has 0 aromatic carbocycles. The molecule has 0 bridgehead atoms. The van der Waals surface area contributed by atoms with Crippen LogP contribution in [0, 0.1) is 5.41 Å². The van der Waals surface area contributed by atoms with Crippen molar-refractivity contribution in [3.05, 3.63) is 36.4 Å². The monoisotopic (exact) mass is 830 g/mol. The van der Waals surface area contributed by atoms with E-state index in [2.05, 4.69) is 30.0 Å². The summed E-state index contributed by atoms with van der Waals surface area (Å²) in [5, 5.41) is 14.0. The van der Waals surface area contributed by atoms with Crippen LogP contribution in [-0.4, -0.2) is 107 Å². The number of fused-ring (bicyclic) bond motifs is 6. The Bertz CT molecular complexity index is 1880. The molecule has 3 aromatic heterocycles. The molecule has 0 aliphatic carbocycles. The molecule has 14 nitrogen and oxygen atoms in total. The van der Waals surface area contributed by atoms with Crippen LogP contribution in [0.4, 0.5) is 22.2 Å². The predicted octanol–water partition coefficient (Wildman–Crippen LogP) is 2.13. The van der Waals surface area contributed by atoms with Crippen molar-refractivity contribution in [2.75, 3.05) is 60.7 Å². The van der Waals surface area contributed by atoms with Crippen molar-refractivity contribution in [2.24, 2.45) is 5.41 Å². The SMILES string of the molecule is C[C@@H]1OCC2(CCN(c3ncc(Sc4ccnc5c4OC[C@@H]4CCCN54)nc3CO)CC2)[C@@H]1NC(=O)OC(C)(C)C.[K+].[S-]c1ccnc2c1OC[C@@H]1CCCN21. The molecule has 0 saturated carbocycles. The van der Waals surface area contributed by atoms with Crippen molar-refractivity contribution in [3.63, 3.8) is 0 Å². The number of hydrogen-bond donors (Lipinski definition) is 2. The molecule has 9 heterocycles. The summed E-state index contributed by atoms with van der Waals surface area (Å²) in [6.07, 6.45) is 11.2. The Labute approximate surface area is 381 Å². The molecule has 17 heteroatoms. The van der Waals surface area contributed by atoms with Crippen molar-refractivity contribution in [1.82, 2.24) is 25.3 Å². The van der Waals surface area contributed by atoms with E-state index in [9.17, 15) is 9.90 Å². The van der Waals surface area contributed by atoms with Gasteiger partial charge in [-0.3, -0.25) is 0 Å². The van der Waals surface area contributed by atoms with E-state index in [-0.39, 0.29) is 75.6 Å². The smallest absolute Gasteiger partial charge is 0.776 e. The van der Waals surface area contributed by atoms with Crippen LogP contribution >= 0.6 is 11.8 Å². The molecule has 6 aliphatic rings. The van der Waals surface area contributed by atoms with E-state index in [4.69, 9.17) is 41.5 Å². The molecule has 4 saturated heterocycles. The van der Waals surface area contributed by atoms with Gasteiger partial charge in [0.15, 0.2) is 23.2 Å². The number of carbonyl (C=O) groups is 1. The molecule has 9 rings (SSSR count). The molecule has 3 aromatic rings. The van der Waals surface area contributed by atoms with Gasteiger partial charge in [0.1, 0.15) is 35.3 Å². The first kappa shape index (κ1) is 41.9. The fourth-order valence-corrected chi connectivity index (χ4v) is 9.85. The van der Waals surface area contributed by atoms with Gasteiger partial charge < -0.3 is 56.7 Å². The molecule has 4 atom stereocenters. The Kier molecular flexibility index (Phi) is 13.1. The van der Waals surface area contributed by atoms with Crippen molar-refractivity contribution in [2.45, 2.75) is 117 Å². The average molecular weight is 831 g/mol. The summed E-state index contributed by atoms with van der Waals surface area (Å²) >= 11 is 6.69. The number of anilines is 3. The van der Waals surface area contributed by atoms with Crippen LogP contribution < -0.4 is 80.9 Å². The second kappa shape index (κ2) is 17.6. The minimum absolute atomic E-state index is 0. The second-order valence-corrected chi connectivity index (χ2v) is 17.8. The summed E-state index contributed by atoms with van der Waals surface area (Å²) in [4.78, 5) is 39.7. The maximum Gasteiger partial charge on any atom is 1.00 e. The van der Waals surface area contributed by atoms with Gasteiger partial charge >= 0.3 is 57.5 Å². The number of aliphatic hydroxyl groups is 1. The van der Waals surface area contributed by atoms with Gasteiger partial charge in [-0.1, -0.05) is 17.8 Å². The molecule has 56 heavy (non-hydrogen) atoms. The quantitative estimate of drug-likeness (QED) is 0.286. The summed E-state index contributed by atoms with van der Waals surface area (Å²) in [6, 6.07) is 4.56. The molecule has 0 unspecified atom stereocenters. The Morgan fingerprint density at radius 1 is 0.982 bits per heavy atom. The van der Waals surface area contributed by atoms with E-state index in [0.717, 1.165) is 91.4 Å². The third-order valence-electron chi connectivity index (χ3n) is 11.5. The summed E-state index contributed by atoms with van der Waals surface area (Å²) < 4.78 is 23.4. The molecule has 4 fully saturated rings. The summed E-state index contributed by atoms with van der Waals surface area (Å²) in [5.74, 6) is 4.16. The van der Waals surface area contributed by atoms with Crippen molar-refractivity contribution in [3.8, 4) is 11.5 Å². The van der Waals surface area contributed by atoms with Gasteiger partial charge in [-0.05, 0) is 72.3 Å². The standard InChI is InChI=1S/C29H40N6O5S.C10H12N2OS.K/c1-18-24(33-27(37)40-28(2,3)4)29(17-39-18)8-12-34(13-9-29)25-20(15-36)32-22(14-31-25)41-21-7-10-30-26-23(21)38-16-19-6-5-11-35(19)26;14-8-3-4-11-10-9(8)13-6-7-2-1-5-12(7)10;/h7,10,14,18-19,24,36H,5-6,8-9,11-13,15-17H2,1-4H3,(H,33,37);3-4,7H,1-2,5-6H2,(H,11,14);/q;;+1/p-1/t18-,19-,24+;7-;/m00./s1. The van der Waals surface area contributed by atoms with Gasteiger partial charge in [0.2, 0.25) is 0 Å². The summed E-state index contributed by atoms with van der Waals surface area (Å²) in [6.45, 7) is 12.9. The molecule has 2 N–H and O–H groups in total. The van der Waals surface area contributed by atoms with E-state index in [1.54, 1.807) is 12.4 Å². The molecular formula is C39H51KN8O6S2. The first-order valence-corrected chi connectivity index (χ1v) is 20.7. The van der Waals surface area contributed by atoms with E-state index >= 15 is 0 Å². The van der Waals surface area contributed by atoms with Crippen molar-refractivity contribution in [1.29, 1.82) is 0 Å². The number of aromatic nitrogens is 4. The van der Waals surface area contributed by atoms with Gasteiger partial charge in [-0.15, -0.1) is 4.90 Å². The Morgan fingerprint density at radius 3 is 2.29 bits per heavy atom. The van der Waals surface area contributed by atoms with Crippen LogP contribution in [0.5, 0.6) is 11.5 Å². The Balaban J connectivity index is 0.000000267. The summed E-state index contributed by atoms with van der Waals surface area (Å²) in [5.41, 5.74) is -0.188. The zero-order valence-electron chi connectivity index (χ0n) is 33.0. The Morgan fingerprint density at radius 2 is 1.62 bits per heavy atom. The first-order chi connectivity index (χ1) is 26.5. The van der Waals surface area contributed by atoms with Gasteiger partial charge in [-0.25, -0.2) is 24.7 Å². The van der Waals surface area contributed by atoms with Crippen LogP contribution in [0.25, 0.3) is 0 Å². The Hall–Kier alpha value is -2.22. The number of pyridine rings is 2. The van der Waals surface area contributed by atoms with E-state index in [1.165, 1.54) is 24.6 Å². The van der Waals surface area contributed by atoms with Crippen LogP contribution in [0.15, 0.2) is 45.5 Å². The maximum absolute atomic E-state index is 12.6. The topological polar surface area (TPSA) is 148 Å². The van der Waals surface area contributed by atoms with E-state index in [0.29, 0.717) is 41.8 Å². The molecule has 0 radical (unpaired) electrons. The molecule has 6 aliphatic heterocycles. The van der Waals surface area contributed by atoms with E-state index < -0.39 is 11.7 Å². The largest absolute Gasteiger partial charge is 1.00 e. The fraction of sp³-hybridized carbons (Fsp3) is 0.615. The molecule has 1 amide bonds. The number of nitrogens with zero attached hydrogens (tertiary/aromatic N) is 7. The second-order valence-electron chi connectivity index (χ2n) is 16.3. The number of hydrogen-bond acceptors (Lipinski definition) is 15. The third-order valence-corrected chi connectivity index (χ3v) is 12.8. The number of amides is 1. The van der Waals surface area contributed by atoms with Gasteiger partial charge in [0.25, 0.3) is 0 Å². The number of ether oxygens (including phenoxy) is 4. The van der Waals surface area contributed by atoms with E-state index in [1.807, 2.05) is 46.0 Å². The number of carbonyl (C=O) groups excluding carboxylic acids is 1. The van der Waals surface area contributed by atoms with Crippen LogP contribution in [0.1, 0.15) is 71.9 Å². The number of piperidine rings is 1. The fourth-order valence-electron chi connectivity index (χ4n) is 8.78. The zero-order chi connectivity index (χ0) is 38.3. The molecular weight excluding hydrogens is 780 g/mol. The van der Waals surface area contributed by atoms with Gasteiger partial charge in [0.05, 0.1) is 48.5 Å². The van der Waals surface area contributed by atoms with Crippen LogP contribution in [-0.2, 0) is 28.7 Å². The normalized spacial score (nSPS) is 24.3. The average Bonchev–Trinajstić information content (AvgIpc) is 3.93. The van der Waals surface area contributed by atoms with Crippen molar-refractivity contribution < 1.29 is 80.2 Å². The minimum atomic E-state index is -0.562. The number of rotatable bonds is 5. The van der Waals surface area contributed by atoms with Gasteiger partial charge in [0, 0.05) is 44.0 Å².